The molecule has 0 aliphatic rings. The number of primary amides is 1. The van der Waals surface area contributed by atoms with Gasteiger partial charge >= 0.3 is 0 Å². The van der Waals surface area contributed by atoms with E-state index < -0.39 is 11.9 Å². The van der Waals surface area contributed by atoms with Crippen LogP contribution in [0.5, 0.6) is 0 Å². The molecule has 0 bridgehead atoms. The van der Waals surface area contributed by atoms with Crippen molar-refractivity contribution in [2.45, 2.75) is 38.6 Å². The second-order valence-electron chi connectivity index (χ2n) is 3.06. The molecule has 0 aromatic carbocycles. The summed E-state index contributed by atoms with van der Waals surface area (Å²) in [6, 6.07) is 1.40. The average molecular weight is 197 g/mol. The van der Waals surface area contributed by atoms with E-state index in [9.17, 15) is 9.59 Å². The Kier molecular flexibility index (Phi) is 6.12. The molecule has 0 fully saturated rings. The minimum atomic E-state index is -0.605. The van der Waals surface area contributed by atoms with Gasteiger partial charge < -0.3 is 11.1 Å². The number of amides is 2. The maximum Gasteiger partial charge on any atom is 0.239 e. The number of carbonyl (C=O) groups is 2. The molecule has 1 atom stereocenters. The van der Waals surface area contributed by atoms with Gasteiger partial charge in [0.05, 0.1) is 6.07 Å². The Bertz CT molecular complexity index is 245. The molecule has 0 unspecified atom stereocenters. The van der Waals surface area contributed by atoms with Crippen molar-refractivity contribution >= 4 is 11.8 Å². The maximum atomic E-state index is 10.8. The Morgan fingerprint density at radius 3 is 2.57 bits per heavy atom. The van der Waals surface area contributed by atoms with Crippen LogP contribution in [-0.4, -0.2) is 17.9 Å². The van der Waals surface area contributed by atoms with Gasteiger partial charge in [-0.3, -0.25) is 9.59 Å². The third kappa shape index (κ3) is 6.00. The van der Waals surface area contributed by atoms with E-state index in [1.807, 2.05) is 6.07 Å². The number of unbranched alkanes of at least 4 members (excludes halogenated alkanes) is 2. The first-order valence-corrected chi connectivity index (χ1v) is 4.51. The number of rotatable bonds is 6. The fraction of sp³-hybridized carbons (Fsp3) is 0.667. The molecular weight excluding hydrogens is 182 g/mol. The first-order valence-electron chi connectivity index (χ1n) is 4.51. The van der Waals surface area contributed by atoms with Gasteiger partial charge in [-0.25, -0.2) is 0 Å². The first-order chi connectivity index (χ1) is 6.57. The van der Waals surface area contributed by atoms with Gasteiger partial charge in [0.15, 0.2) is 0 Å². The van der Waals surface area contributed by atoms with Crippen molar-refractivity contribution in [3.05, 3.63) is 0 Å². The predicted octanol–water partition coefficient (Wildman–Crippen LogP) is 0.0604. The zero-order valence-electron chi connectivity index (χ0n) is 8.25. The zero-order valence-corrected chi connectivity index (χ0v) is 8.25. The Morgan fingerprint density at radius 1 is 1.50 bits per heavy atom. The number of nitrogens with one attached hydrogen (secondary N) is 1. The molecule has 5 heteroatoms. The van der Waals surface area contributed by atoms with Crippen molar-refractivity contribution in [2.75, 3.05) is 0 Å². The van der Waals surface area contributed by atoms with Crippen molar-refractivity contribution in [3.63, 3.8) is 0 Å². The summed E-state index contributed by atoms with van der Waals surface area (Å²) in [6.07, 6.45) is 2.39. The van der Waals surface area contributed by atoms with Crippen LogP contribution in [0.1, 0.15) is 32.6 Å². The number of nitrogens with two attached hydrogens (primary N) is 1. The smallest absolute Gasteiger partial charge is 0.239 e. The van der Waals surface area contributed by atoms with E-state index in [2.05, 4.69) is 5.32 Å². The fourth-order valence-electron chi connectivity index (χ4n) is 1.08. The highest BCUT2D eigenvalue weighted by molar-refractivity contribution is 5.85. The predicted molar refractivity (Wildman–Crippen MR) is 50.9 cm³/mol. The molecule has 0 aromatic rings. The Labute approximate surface area is 83.3 Å². The quantitative estimate of drug-likeness (QED) is 0.589. The molecule has 14 heavy (non-hydrogen) atoms. The van der Waals surface area contributed by atoms with Crippen LogP contribution in [0.4, 0.5) is 0 Å². The second-order valence-corrected chi connectivity index (χ2v) is 3.06. The summed E-state index contributed by atoms with van der Waals surface area (Å²) in [5, 5.41) is 10.7. The van der Waals surface area contributed by atoms with Gasteiger partial charge in [0, 0.05) is 13.3 Å². The van der Waals surface area contributed by atoms with Gasteiger partial charge in [-0.05, 0) is 19.3 Å². The summed E-state index contributed by atoms with van der Waals surface area (Å²) in [5.41, 5.74) is 5.08. The highest BCUT2D eigenvalue weighted by Gasteiger charge is 2.14. The van der Waals surface area contributed by atoms with Crippen molar-refractivity contribution < 1.29 is 9.59 Å². The monoisotopic (exact) mass is 197 g/mol. The highest BCUT2D eigenvalue weighted by atomic mass is 16.2. The first kappa shape index (κ1) is 12.4. The van der Waals surface area contributed by atoms with Crippen LogP contribution >= 0.6 is 0 Å². The summed E-state index contributed by atoms with van der Waals surface area (Å²) in [5.74, 6) is -0.800. The summed E-state index contributed by atoms with van der Waals surface area (Å²) < 4.78 is 0. The minimum Gasteiger partial charge on any atom is -0.368 e. The van der Waals surface area contributed by atoms with E-state index in [4.69, 9.17) is 11.0 Å². The lowest BCUT2D eigenvalue weighted by Crippen LogP contribution is -2.43. The van der Waals surface area contributed by atoms with E-state index in [1.54, 1.807) is 0 Å². The molecule has 0 saturated carbocycles. The van der Waals surface area contributed by atoms with Gasteiger partial charge in [0.25, 0.3) is 0 Å². The molecule has 0 saturated heterocycles. The molecule has 0 spiro atoms. The van der Waals surface area contributed by atoms with Crippen LogP contribution in [0.25, 0.3) is 0 Å². The van der Waals surface area contributed by atoms with Crippen molar-refractivity contribution in [1.29, 1.82) is 5.26 Å². The number of hydrogen-bond acceptors (Lipinski definition) is 3. The Morgan fingerprint density at radius 2 is 2.14 bits per heavy atom. The lowest BCUT2D eigenvalue weighted by Gasteiger charge is -2.13. The highest BCUT2D eigenvalue weighted by Crippen LogP contribution is 2.02. The summed E-state index contributed by atoms with van der Waals surface area (Å²) >= 11 is 0. The SMILES string of the molecule is CC(=O)N[C@H](CCCCC#N)C(N)=O. The van der Waals surface area contributed by atoms with Crippen LogP contribution in [0.2, 0.25) is 0 Å². The van der Waals surface area contributed by atoms with Gasteiger partial charge in [0.1, 0.15) is 6.04 Å². The third-order valence-corrected chi connectivity index (χ3v) is 1.75. The van der Waals surface area contributed by atoms with E-state index >= 15 is 0 Å². The third-order valence-electron chi connectivity index (χ3n) is 1.75. The lowest BCUT2D eigenvalue weighted by atomic mass is 10.1. The fourth-order valence-corrected chi connectivity index (χ4v) is 1.08. The summed E-state index contributed by atoms with van der Waals surface area (Å²) in [4.78, 5) is 21.5. The summed E-state index contributed by atoms with van der Waals surface area (Å²) in [6.45, 7) is 1.34. The van der Waals surface area contributed by atoms with Crippen molar-refractivity contribution in [2.24, 2.45) is 5.73 Å². The number of nitrogens with zero attached hydrogens (tertiary/aromatic N) is 1. The molecule has 0 aromatic heterocycles. The van der Waals surface area contributed by atoms with Crippen molar-refractivity contribution in [3.8, 4) is 6.07 Å². The molecule has 0 aliphatic heterocycles. The van der Waals surface area contributed by atoms with Crippen LogP contribution in [-0.2, 0) is 9.59 Å². The number of carbonyl (C=O) groups excluding carboxylic acids is 2. The molecule has 2 amide bonds. The van der Waals surface area contributed by atoms with Gasteiger partial charge in [0.2, 0.25) is 11.8 Å². The van der Waals surface area contributed by atoms with Crippen molar-refractivity contribution in [1.82, 2.24) is 5.32 Å². The van der Waals surface area contributed by atoms with Gasteiger partial charge in [-0.15, -0.1) is 0 Å². The van der Waals surface area contributed by atoms with E-state index in [0.29, 0.717) is 19.3 Å². The molecule has 0 heterocycles. The largest absolute Gasteiger partial charge is 0.368 e. The maximum absolute atomic E-state index is 10.8. The second kappa shape index (κ2) is 6.89. The molecule has 3 N–H and O–H groups in total. The van der Waals surface area contributed by atoms with Crippen LogP contribution in [0.3, 0.4) is 0 Å². The number of nitriles is 1. The van der Waals surface area contributed by atoms with Gasteiger partial charge in [-0.1, -0.05) is 0 Å². The standard InChI is InChI=1S/C9H15N3O2/c1-7(13)12-8(9(11)14)5-3-2-4-6-10/h8H,2-5H2,1H3,(H2,11,14)(H,12,13)/t8-/m1/s1. The lowest BCUT2D eigenvalue weighted by molar-refractivity contribution is -0.126. The molecule has 0 aliphatic carbocycles. The number of hydrogen-bond donors (Lipinski definition) is 2. The average Bonchev–Trinajstić information content (AvgIpc) is 2.09. The molecular formula is C9H15N3O2. The molecule has 5 nitrogen and oxygen atoms in total. The Hall–Kier alpha value is -1.57. The molecule has 0 radical (unpaired) electrons. The van der Waals surface area contributed by atoms with Gasteiger partial charge in [-0.2, -0.15) is 5.26 Å². The topological polar surface area (TPSA) is 96.0 Å². The van der Waals surface area contributed by atoms with E-state index in [0.717, 1.165) is 6.42 Å². The minimum absolute atomic E-state index is 0.269. The van der Waals surface area contributed by atoms with Crippen LogP contribution in [0, 0.1) is 11.3 Å². The van der Waals surface area contributed by atoms with E-state index in [-0.39, 0.29) is 5.91 Å². The van der Waals surface area contributed by atoms with E-state index in [1.165, 1.54) is 6.92 Å². The Balaban J connectivity index is 3.81. The normalized spacial score (nSPS) is 11.4. The van der Waals surface area contributed by atoms with Crippen LogP contribution in [0.15, 0.2) is 0 Å². The molecule has 0 rings (SSSR count). The zero-order chi connectivity index (χ0) is 11.0. The summed E-state index contributed by atoms with van der Waals surface area (Å²) in [7, 11) is 0. The molecule has 78 valence electrons. The van der Waals surface area contributed by atoms with Crippen LogP contribution < -0.4 is 11.1 Å².